The largest absolute Gasteiger partial charge is 0.364 e. The molecule has 0 aliphatic rings. The molecule has 0 unspecified atom stereocenters. The highest BCUT2D eigenvalue weighted by Gasteiger charge is 2.03. The van der Waals surface area contributed by atoms with Crippen molar-refractivity contribution in [3.63, 3.8) is 0 Å². The van der Waals surface area contributed by atoms with Crippen molar-refractivity contribution in [3.05, 3.63) is 57.4 Å². The van der Waals surface area contributed by atoms with Gasteiger partial charge in [0.1, 0.15) is 0 Å². The van der Waals surface area contributed by atoms with Gasteiger partial charge in [-0.3, -0.25) is 0 Å². The van der Waals surface area contributed by atoms with E-state index >= 15 is 0 Å². The smallest absolute Gasteiger partial charge is 0.166 e. The van der Waals surface area contributed by atoms with E-state index < -0.39 is 5.82 Å². The second-order valence-electron chi connectivity index (χ2n) is 3.46. The Morgan fingerprint density at radius 3 is 2.65 bits per heavy atom. The van der Waals surface area contributed by atoms with Gasteiger partial charge in [0.2, 0.25) is 0 Å². The zero-order chi connectivity index (χ0) is 12.3. The average Bonchev–Trinajstić information content (AvgIpc) is 2.30. The average molecular weight is 316 g/mol. The maximum Gasteiger partial charge on any atom is 0.166 e. The minimum atomic E-state index is -0.449. The van der Waals surface area contributed by atoms with E-state index in [0.29, 0.717) is 6.54 Å². The van der Waals surface area contributed by atoms with Crippen LogP contribution in [0.3, 0.4) is 0 Å². The molecule has 1 aromatic heterocycles. The van der Waals surface area contributed by atoms with Crippen LogP contribution >= 0.6 is 27.5 Å². The number of hydrogen-bond donors (Lipinski definition) is 1. The Bertz CT molecular complexity index is 516. The summed E-state index contributed by atoms with van der Waals surface area (Å²) in [7, 11) is 0. The zero-order valence-corrected chi connectivity index (χ0v) is 11.1. The van der Waals surface area contributed by atoms with Gasteiger partial charge in [0, 0.05) is 17.2 Å². The summed E-state index contributed by atoms with van der Waals surface area (Å²) in [4.78, 5) is 3.88. The molecule has 1 N–H and O–H groups in total. The van der Waals surface area contributed by atoms with Crippen LogP contribution < -0.4 is 5.32 Å². The Labute approximate surface area is 112 Å². The number of pyridine rings is 1. The summed E-state index contributed by atoms with van der Waals surface area (Å²) in [5, 5.41) is 3.20. The van der Waals surface area contributed by atoms with E-state index in [1.807, 2.05) is 24.3 Å². The summed E-state index contributed by atoms with van der Waals surface area (Å²) in [6.45, 7) is 0.513. The van der Waals surface area contributed by atoms with E-state index in [0.717, 1.165) is 10.0 Å². The lowest BCUT2D eigenvalue weighted by atomic mass is 10.2. The van der Waals surface area contributed by atoms with Crippen LogP contribution in [0.4, 0.5) is 10.2 Å². The van der Waals surface area contributed by atoms with Crippen molar-refractivity contribution in [2.45, 2.75) is 6.54 Å². The van der Waals surface area contributed by atoms with Gasteiger partial charge in [-0.1, -0.05) is 39.7 Å². The first kappa shape index (κ1) is 12.3. The van der Waals surface area contributed by atoms with Crippen molar-refractivity contribution in [2.75, 3.05) is 5.32 Å². The normalized spacial score (nSPS) is 10.3. The van der Waals surface area contributed by atoms with E-state index in [9.17, 15) is 4.39 Å². The minimum absolute atomic E-state index is 0.206. The molecule has 2 nitrogen and oxygen atoms in total. The lowest BCUT2D eigenvalue weighted by Gasteiger charge is -2.06. The maximum absolute atomic E-state index is 13.4. The third kappa shape index (κ3) is 3.41. The zero-order valence-electron chi connectivity index (χ0n) is 8.75. The van der Waals surface area contributed by atoms with Crippen LogP contribution in [0.25, 0.3) is 0 Å². The summed E-state index contributed by atoms with van der Waals surface area (Å²) in [5.74, 6) is -0.244. The molecular formula is C12H9BrClFN2. The van der Waals surface area contributed by atoms with Crippen LogP contribution in [0.5, 0.6) is 0 Å². The number of nitrogens with one attached hydrogen (secondary N) is 1. The van der Waals surface area contributed by atoms with E-state index in [-0.39, 0.29) is 10.8 Å². The molecule has 0 aliphatic carbocycles. The first-order valence-corrected chi connectivity index (χ1v) is 6.11. The molecule has 0 saturated carbocycles. The van der Waals surface area contributed by atoms with Crippen molar-refractivity contribution < 1.29 is 4.39 Å². The van der Waals surface area contributed by atoms with Gasteiger partial charge in [0.05, 0.1) is 5.02 Å². The second kappa shape index (κ2) is 5.47. The Morgan fingerprint density at radius 1 is 1.29 bits per heavy atom. The first-order chi connectivity index (χ1) is 8.15. The van der Waals surface area contributed by atoms with Crippen molar-refractivity contribution in [1.82, 2.24) is 4.98 Å². The van der Waals surface area contributed by atoms with E-state index in [1.165, 1.54) is 12.3 Å². The Morgan fingerprint density at radius 2 is 2.00 bits per heavy atom. The van der Waals surface area contributed by atoms with Crippen LogP contribution in [-0.4, -0.2) is 4.98 Å². The predicted octanol–water partition coefficient (Wildman–Crippen LogP) is 4.25. The predicted molar refractivity (Wildman–Crippen MR) is 70.7 cm³/mol. The van der Waals surface area contributed by atoms with Crippen LogP contribution in [0, 0.1) is 5.82 Å². The molecule has 2 rings (SSSR count). The Kier molecular flexibility index (Phi) is 3.97. The number of nitrogens with zero attached hydrogens (tertiary/aromatic N) is 1. The molecule has 0 amide bonds. The number of anilines is 1. The standard InChI is InChI=1S/C12H9BrClFN2/c13-9-3-1-8(2-4-9)6-16-12-11(15)5-10(14)7-17-12/h1-5,7H,6H2,(H,16,17). The topological polar surface area (TPSA) is 24.9 Å². The second-order valence-corrected chi connectivity index (χ2v) is 4.82. The van der Waals surface area contributed by atoms with Gasteiger partial charge < -0.3 is 5.32 Å². The fourth-order valence-electron chi connectivity index (χ4n) is 1.33. The van der Waals surface area contributed by atoms with Crippen molar-refractivity contribution in [3.8, 4) is 0 Å². The minimum Gasteiger partial charge on any atom is -0.364 e. The summed E-state index contributed by atoms with van der Waals surface area (Å²) < 4.78 is 14.4. The quantitative estimate of drug-likeness (QED) is 0.916. The molecule has 0 spiro atoms. The van der Waals surface area contributed by atoms with Gasteiger partial charge in [0.15, 0.2) is 11.6 Å². The number of halogens is 3. The number of benzene rings is 1. The highest BCUT2D eigenvalue weighted by Crippen LogP contribution is 2.17. The molecule has 0 saturated heterocycles. The van der Waals surface area contributed by atoms with Crippen molar-refractivity contribution in [1.29, 1.82) is 0 Å². The summed E-state index contributed by atoms with van der Waals surface area (Å²) in [6, 6.07) is 9.00. The summed E-state index contributed by atoms with van der Waals surface area (Å²) in [6.07, 6.45) is 1.41. The highest BCUT2D eigenvalue weighted by atomic mass is 79.9. The van der Waals surface area contributed by atoms with Crippen molar-refractivity contribution in [2.24, 2.45) is 0 Å². The molecule has 0 radical (unpaired) electrons. The Hall–Kier alpha value is -1.13. The van der Waals surface area contributed by atoms with Gasteiger partial charge in [-0.2, -0.15) is 0 Å². The summed E-state index contributed by atoms with van der Waals surface area (Å²) in [5.41, 5.74) is 1.05. The molecule has 0 aliphatic heterocycles. The SMILES string of the molecule is Fc1cc(Cl)cnc1NCc1ccc(Br)cc1. The lowest BCUT2D eigenvalue weighted by molar-refractivity contribution is 0.624. The molecule has 1 aromatic carbocycles. The van der Waals surface area contributed by atoms with Gasteiger partial charge in [0.25, 0.3) is 0 Å². The maximum atomic E-state index is 13.4. The molecule has 2 aromatic rings. The van der Waals surface area contributed by atoms with Crippen LogP contribution in [0.15, 0.2) is 41.0 Å². The lowest BCUT2D eigenvalue weighted by Crippen LogP contribution is -2.03. The van der Waals surface area contributed by atoms with E-state index in [4.69, 9.17) is 11.6 Å². The molecule has 0 bridgehead atoms. The van der Waals surface area contributed by atoms with Gasteiger partial charge in [-0.15, -0.1) is 0 Å². The highest BCUT2D eigenvalue weighted by molar-refractivity contribution is 9.10. The van der Waals surface area contributed by atoms with Gasteiger partial charge in [-0.25, -0.2) is 9.37 Å². The van der Waals surface area contributed by atoms with Crippen molar-refractivity contribution >= 4 is 33.3 Å². The van der Waals surface area contributed by atoms with E-state index in [2.05, 4.69) is 26.2 Å². The molecule has 1 heterocycles. The van der Waals surface area contributed by atoms with Crippen LogP contribution in [0.2, 0.25) is 5.02 Å². The fraction of sp³-hybridized carbons (Fsp3) is 0.0833. The molecule has 17 heavy (non-hydrogen) atoms. The molecule has 88 valence electrons. The van der Waals surface area contributed by atoms with Gasteiger partial charge in [-0.05, 0) is 23.8 Å². The Balaban J connectivity index is 2.04. The molecular weight excluding hydrogens is 307 g/mol. The molecule has 5 heteroatoms. The van der Waals surface area contributed by atoms with E-state index in [1.54, 1.807) is 0 Å². The van der Waals surface area contributed by atoms with Crippen LogP contribution in [0.1, 0.15) is 5.56 Å². The third-order valence-electron chi connectivity index (χ3n) is 2.18. The molecule has 0 atom stereocenters. The third-order valence-corrected chi connectivity index (χ3v) is 2.92. The number of rotatable bonds is 3. The van der Waals surface area contributed by atoms with Gasteiger partial charge >= 0.3 is 0 Å². The fourth-order valence-corrected chi connectivity index (χ4v) is 1.74. The monoisotopic (exact) mass is 314 g/mol. The summed E-state index contributed by atoms with van der Waals surface area (Å²) >= 11 is 8.97. The molecule has 0 fully saturated rings. The number of aromatic nitrogens is 1. The number of hydrogen-bond acceptors (Lipinski definition) is 2. The first-order valence-electron chi connectivity index (χ1n) is 4.94. The van der Waals surface area contributed by atoms with Crippen LogP contribution in [-0.2, 0) is 6.54 Å².